The minimum atomic E-state index is -0.907. The van der Waals surface area contributed by atoms with Crippen LogP contribution in [0, 0.1) is 20.8 Å². The topological polar surface area (TPSA) is 55.8 Å². The molecule has 1 aliphatic heterocycles. The third-order valence-corrected chi connectivity index (χ3v) is 3.84. The monoisotopic (exact) mass is 284 g/mol. The summed E-state index contributed by atoms with van der Waals surface area (Å²) in [5.74, 6) is 0.623. The van der Waals surface area contributed by atoms with Gasteiger partial charge >= 0.3 is 5.97 Å². The van der Waals surface area contributed by atoms with Crippen molar-refractivity contribution in [2.75, 3.05) is 6.79 Å². The Kier molecular flexibility index (Phi) is 3.09. The molecular weight excluding hydrogens is 268 g/mol. The number of carbonyl (C=O) groups is 1. The van der Waals surface area contributed by atoms with Gasteiger partial charge in [0.25, 0.3) is 0 Å². The van der Waals surface area contributed by atoms with Gasteiger partial charge in [-0.1, -0.05) is 6.07 Å². The summed E-state index contributed by atoms with van der Waals surface area (Å²) in [7, 11) is 0. The lowest BCUT2D eigenvalue weighted by atomic mass is 9.90. The Morgan fingerprint density at radius 2 is 1.76 bits per heavy atom. The van der Waals surface area contributed by atoms with Crippen LogP contribution in [0.3, 0.4) is 0 Å². The van der Waals surface area contributed by atoms with Crippen LogP contribution in [-0.2, 0) is 0 Å². The van der Waals surface area contributed by atoms with Gasteiger partial charge in [0.05, 0.1) is 5.56 Å². The summed E-state index contributed by atoms with van der Waals surface area (Å²) in [6.07, 6.45) is 0. The van der Waals surface area contributed by atoms with E-state index in [1.54, 1.807) is 12.1 Å². The van der Waals surface area contributed by atoms with Crippen LogP contribution in [0.1, 0.15) is 27.0 Å². The molecule has 0 aromatic heterocycles. The average Bonchev–Trinajstić information content (AvgIpc) is 2.89. The number of aryl methyl sites for hydroxylation is 2. The van der Waals surface area contributed by atoms with Crippen molar-refractivity contribution in [2.24, 2.45) is 0 Å². The summed E-state index contributed by atoms with van der Waals surface area (Å²) in [5, 5.41) is 9.14. The second kappa shape index (κ2) is 4.81. The summed E-state index contributed by atoms with van der Waals surface area (Å²) in [4.78, 5) is 11.1. The Labute approximate surface area is 122 Å². The van der Waals surface area contributed by atoms with E-state index in [1.807, 2.05) is 32.9 Å². The molecule has 0 atom stereocenters. The smallest absolute Gasteiger partial charge is 0.335 e. The van der Waals surface area contributed by atoms with Crippen molar-refractivity contribution in [3.8, 4) is 22.6 Å². The molecule has 0 fully saturated rings. The van der Waals surface area contributed by atoms with Crippen molar-refractivity contribution in [3.05, 3.63) is 46.5 Å². The van der Waals surface area contributed by atoms with Crippen LogP contribution in [0.15, 0.2) is 24.3 Å². The van der Waals surface area contributed by atoms with Crippen molar-refractivity contribution in [3.63, 3.8) is 0 Å². The second-order valence-electron chi connectivity index (χ2n) is 5.26. The van der Waals surface area contributed by atoms with Crippen LogP contribution in [0.4, 0.5) is 0 Å². The highest BCUT2D eigenvalue weighted by atomic mass is 16.7. The van der Waals surface area contributed by atoms with E-state index in [9.17, 15) is 4.79 Å². The van der Waals surface area contributed by atoms with Crippen molar-refractivity contribution in [2.45, 2.75) is 20.8 Å². The van der Waals surface area contributed by atoms with E-state index in [-0.39, 0.29) is 6.79 Å². The number of carboxylic acid groups (broad SMARTS) is 1. The van der Waals surface area contributed by atoms with E-state index < -0.39 is 5.97 Å². The summed E-state index contributed by atoms with van der Waals surface area (Å²) >= 11 is 0. The van der Waals surface area contributed by atoms with Crippen molar-refractivity contribution >= 4 is 5.97 Å². The van der Waals surface area contributed by atoms with Crippen LogP contribution < -0.4 is 9.47 Å². The van der Waals surface area contributed by atoms with E-state index in [1.165, 1.54) is 0 Å². The summed E-state index contributed by atoms with van der Waals surface area (Å²) in [5.41, 5.74) is 5.30. The Morgan fingerprint density at radius 3 is 2.38 bits per heavy atom. The molecule has 2 aromatic rings. The third kappa shape index (κ3) is 2.13. The molecule has 4 nitrogen and oxygen atoms in total. The molecule has 0 spiro atoms. The molecular formula is C17H16O4. The zero-order valence-electron chi connectivity index (χ0n) is 12.2. The zero-order valence-corrected chi connectivity index (χ0v) is 12.2. The SMILES string of the molecule is Cc1cc(C(=O)O)cc(C)c1-c1ccc2c(c1C)OCO2. The Bertz CT molecular complexity index is 724. The van der Waals surface area contributed by atoms with Crippen molar-refractivity contribution in [1.29, 1.82) is 0 Å². The molecule has 0 aliphatic carbocycles. The number of fused-ring (bicyclic) bond motifs is 1. The molecule has 3 rings (SSSR count). The number of ether oxygens (including phenoxy) is 2. The van der Waals surface area contributed by atoms with E-state index in [4.69, 9.17) is 14.6 Å². The van der Waals surface area contributed by atoms with Gasteiger partial charge in [-0.15, -0.1) is 0 Å². The fourth-order valence-corrected chi connectivity index (χ4v) is 2.89. The number of hydrogen-bond acceptors (Lipinski definition) is 3. The van der Waals surface area contributed by atoms with Gasteiger partial charge in [-0.05, 0) is 61.2 Å². The maximum absolute atomic E-state index is 11.1. The first kappa shape index (κ1) is 13.5. The second-order valence-corrected chi connectivity index (χ2v) is 5.26. The molecule has 1 N–H and O–H groups in total. The van der Waals surface area contributed by atoms with E-state index in [0.717, 1.165) is 39.3 Å². The Hall–Kier alpha value is -2.49. The van der Waals surface area contributed by atoms with Crippen LogP contribution in [0.2, 0.25) is 0 Å². The highest BCUT2D eigenvalue weighted by Crippen LogP contribution is 2.42. The molecule has 21 heavy (non-hydrogen) atoms. The Morgan fingerprint density at radius 1 is 1.10 bits per heavy atom. The lowest BCUT2D eigenvalue weighted by Crippen LogP contribution is -2.00. The van der Waals surface area contributed by atoms with Gasteiger partial charge in [0.1, 0.15) is 0 Å². The minimum Gasteiger partial charge on any atom is -0.478 e. The lowest BCUT2D eigenvalue weighted by Gasteiger charge is -2.15. The van der Waals surface area contributed by atoms with Gasteiger partial charge in [0.15, 0.2) is 11.5 Å². The minimum absolute atomic E-state index is 0.246. The molecule has 0 saturated heterocycles. The normalized spacial score (nSPS) is 12.5. The molecule has 108 valence electrons. The van der Waals surface area contributed by atoms with Gasteiger partial charge in [-0.25, -0.2) is 4.79 Å². The van der Waals surface area contributed by atoms with E-state index in [0.29, 0.717) is 5.56 Å². The third-order valence-electron chi connectivity index (χ3n) is 3.84. The molecule has 1 heterocycles. The van der Waals surface area contributed by atoms with Gasteiger partial charge in [-0.2, -0.15) is 0 Å². The highest BCUT2D eigenvalue weighted by Gasteiger charge is 2.20. The van der Waals surface area contributed by atoms with Gasteiger partial charge in [-0.3, -0.25) is 0 Å². The first-order chi connectivity index (χ1) is 9.99. The van der Waals surface area contributed by atoms with Gasteiger partial charge in [0.2, 0.25) is 6.79 Å². The lowest BCUT2D eigenvalue weighted by molar-refractivity contribution is 0.0696. The van der Waals surface area contributed by atoms with Gasteiger partial charge < -0.3 is 14.6 Å². The number of aromatic carboxylic acids is 1. The van der Waals surface area contributed by atoms with Crippen LogP contribution in [-0.4, -0.2) is 17.9 Å². The van der Waals surface area contributed by atoms with E-state index >= 15 is 0 Å². The first-order valence-corrected chi connectivity index (χ1v) is 6.73. The summed E-state index contributed by atoms with van der Waals surface area (Å²) in [6.45, 7) is 6.10. The standard InChI is InChI=1S/C17H16O4/c1-9-6-12(17(18)19)7-10(2)15(9)13-4-5-14-16(11(13)3)21-8-20-14/h4-7H,8H2,1-3H3,(H,18,19). The Balaban J connectivity index is 2.20. The first-order valence-electron chi connectivity index (χ1n) is 6.73. The highest BCUT2D eigenvalue weighted by molar-refractivity contribution is 5.90. The fraction of sp³-hybridized carbons (Fsp3) is 0.235. The summed E-state index contributed by atoms with van der Waals surface area (Å²) < 4.78 is 10.9. The van der Waals surface area contributed by atoms with Crippen LogP contribution in [0.25, 0.3) is 11.1 Å². The van der Waals surface area contributed by atoms with E-state index in [2.05, 4.69) is 0 Å². The molecule has 0 saturated carbocycles. The number of benzene rings is 2. The van der Waals surface area contributed by atoms with Crippen molar-refractivity contribution < 1.29 is 19.4 Å². The maximum Gasteiger partial charge on any atom is 0.335 e. The molecule has 0 radical (unpaired) electrons. The molecule has 0 amide bonds. The fourth-order valence-electron chi connectivity index (χ4n) is 2.89. The number of carboxylic acids is 1. The molecule has 4 heteroatoms. The van der Waals surface area contributed by atoms with Crippen LogP contribution in [0.5, 0.6) is 11.5 Å². The van der Waals surface area contributed by atoms with Crippen molar-refractivity contribution in [1.82, 2.24) is 0 Å². The molecule has 0 unspecified atom stereocenters. The molecule has 2 aromatic carbocycles. The summed E-state index contributed by atoms with van der Waals surface area (Å²) in [6, 6.07) is 7.30. The largest absolute Gasteiger partial charge is 0.478 e. The number of hydrogen-bond donors (Lipinski definition) is 1. The number of rotatable bonds is 2. The molecule has 1 aliphatic rings. The quantitative estimate of drug-likeness (QED) is 0.913. The predicted octanol–water partition coefficient (Wildman–Crippen LogP) is 3.71. The van der Waals surface area contributed by atoms with Crippen LogP contribution >= 0.6 is 0 Å². The maximum atomic E-state index is 11.1. The van der Waals surface area contributed by atoms with Gasteiger partial charge in [0, 0.05) is 5.56 Å². The zero-order chi connectivity index (χ0) is 15.1. The molecule has 0 bridgehead atoms. The average molecular weight is 284 g/mol. The predicted molar refractivity (Wildman–Crippen MR) is 79.2 cm³/mol.